The van der Waals surface area contributed by atoms with Crippen LogP contribution in [0.1, 0.15) is 22.3 Å². The maximum atomic E-state index is 12.6. The number of furan rings is 1. The Morgan fingerprint density at radius 1 is 1.21 bits per heavy atom. The Labute approximate surface area is 168 Å². The largest absolute Gasteiger partial charge is 0.467 e. The average Bonchev–Trinajstić information content (AvgIpc) is 3.08. The van der Waals surface area contributed by atoms with Gasteiger partial charge >= 0.3 is 5.97 Å². The van der Waals surface area contributed by atoms with E-state index in [1.54, 1.807) is 6.26 Å². The predicted octanol–water partition coefficient (Wildman–Crippen LogP) is 4.15. The number of methoxy groups -OCH3 is 1. The van der Waals surface area contributed by atoms with Gasteiger partial charge in [-0.2, -0.15) is 0 Å². The van der Waals surface area contributed by atoms with Crippen molar-refractivity contribution in [3.8, 4) is 0 Å². The number of aryl methyl sites for hydroxylation is 2. The summed E-state index contributed by atoms with van der Waals surface area (Å²) in [5.74, 6) is -0.769. The molecule has 3 aromatic rings. The summed E-state index contributed by atoms with van der Waals surface area (Å²) in [5.41, 5.74) is 4.16. The van der Waals surface area contributed by atoms with Crippen LogP contribution in [0.2, 0.25) is 5.02 Å². The Balaban J connectivity index is 1.79. The van der Waals surface area contributed by atoms with Gasteiger partial charge in [-0.25, -0.2) is 4.79 Å². The van der Waals surface area contributed by atoms with Gasteiger partial charge in [-0.1, -0.05) is 41.9 Å². The average molecular weight is 400 g/mol. The maximum Gasteiger partial charge on any atom is 0.328 e. The third-order valence-corrected chi connectivity index (χ3v) is 5.33. The Morgan fingerprint density at radius 2 is 1.93 bits per heavy atom. The fourth-order valence-electron chi connectivity index (χ4n) is 3.34. The van der Waals surface area contributed by atoms with E-state index in [9.17, 15) is 9.59 Å². The van der Waals surface area contributed by atoms with Gasteiger partial charge < -0.3 is 14.5 Å². The second-order valence-electron chi connectivity index (χ2n) is 6.78. The summed E-state index contributed by atoms with van der Waals surface area (Å²) in [7, 11) is 1.31. The first-order valence-electron chi connectivity index (χ1n) is 8.97. The van der Waals surface area contributed by atoms with E-state index in [1.165, 1.54) is 7.11 Å². The van der Waals surface area contributed by atoms with Crippen molar-refractivity contribution in [2.75, 3.05) is 7.11 Å². The van der Waals surface area contributed by atoms with Gasteiger partial charge in [-0.3, -0.25) is 4.79 Å². The summed E-state index contributed by atoms with van der Waals surface area (Å²) >= 11 is 6.35. The van der Waals surface area contributed by atoms with E-state index in [-0.39, 0.29) is 12.3 Å². The van der Waals surface area contributed by atoms with Gasteiger partial charge in [0, 0.05) is 22.4 Å². The minimum absolute atomic E-state index is 0.0789. The van der Waals surface area contributed by atoms with Gasteiger partial charge in [-0.15, -0.1) is 0 Å². The molecule has 0 aliphatic carbocycles. The normalized spacial score (nSPS) is 12.0. The smallest absolute Gasteiger partial charge is 0.328 e. The molecule has 0 saturated carbocycles. The van der Waals surface area contributed by atoms with Crippen LogP contribution in [0.15, 0.2) is 47.1 Å². The lowest BCUT2D eigenvalue weighted by molar-refractivity contribution is -0.145. The molecule has 0 radical (unpaired) electrons. The highest BCUT2D eigenvalue weighted by Gasteiger charge is 2.23. The second kappa shape index (κ2) is 8.48. The molecule has 1 heterocycles. The lowest BCUT2D eigenvalue weighted by Crippen LogP contribution is -2.43. The lowest BCUT2D eigenvalue weighted by Gasteiger charge is -2.16. The number of carbonyl (C=O) groups is 2. The van der Waals surface area contributed by atoms with Gasteiger partial charge in [0.15, 0.2) is 0 Å². The van der Waals surface area contributed by atoms with Crippen molar-refractivity contribution in [3.63, 3.8) is 0 Å². The molecule has 5 nitrogen and oxygen atoms in total. The molecule has 1 aromatic heterocycles. The van der Waals surface area contributed by atoms with Gasteiger partial charge in [0.1, 0.15) is 11.6 Å². The monoisotopic (exact) mass is 399 g/mol. The number of amides is 1. The summed E-state index contributed by atoms with van der Waals surface area (Å²) in [4.78, 5) is 24.8. The van der Waals surface area contributed by atoms with Gasteiger partial charge in [0.25, 0.3) is 0 Å². The highest BCUT2D eigenvalue weighted by Crippen LogP contribution is 2.32. The minimum Gasteiger partial charge on any atom is -0.467 e. The summed E-state index contributed by atoms with van der Waals surface area (Å²) in [6, 6.07) is 10.6. The molecule has 0 spiro atoms. The number of esters is 1. The maximum absolute atomic E-state index is 12.6. The number of ether oxygens (including phenoxy) is 1. The molecular formula is C22H22ClNO4. The van der Waals surface area contributed by atoms with Crippen molar-refractivity contribution in [1.82, 2.24) is 5.32 Å². The predicted molar refractivity (Wildman–Crippen MR) is 108 cm³/mol. The summed E-state index contributed by atoms with van der Waals surface area (Å²) in [6.07, 6.45) is 2.00. The first-order valence-corrected chi connectivity index (χ1v) is 9.35. The molecule has 28 heavy (non-hydrogen) atoms. The lowest BCUT2D eigenvalue weighted by atomic mass is 10.0. The summed E-state index contributed by atoms with van der Waals surface area (Å²) in [5, 5.41) is 4.27. The third kappa shape index (κ3) is 4.20. The number of nitrogens with one attached hydrogen (secondary N) is 1. The van der Waals surface area contributed by atoms with E-state index >= 15 is 0 Å². The van der Waals surface area contributed by atoms with Crippen LogP contribution in [-0.2, 0) is 27.2 Å². The molecule has 0 saturated heterocycles. The van der Waals surface area contributed by atoms with Gasteiger partial charge in [0.05, 0.1) is 19.8 Å². The molecule has 2 aromatic carbocycles. The fourth-order valence-corrected chi connectivity index (χ4v) is 3.49. The van der Waals surface area contributed by atoms with Crippen molar-refractivity contribution < 1.29 is 18.7 Å². The van der Waals surface area contributed by atoms with Crippen LogP contribution in [-0.4, -0.2) is 25.0 Å². The van der Waals surface area contributed by atoms with Gasteiger partial charge in [0.2, 0.25) is 5.91 Å². The quantitative estimate of drug-likeness (QED) is 0.632. The number of halogens is 1. The van der Waals surface area contributed by atoms with E-state index in [1.807, 2.05) is 50.2 Å². The zero-order valence-corrected chi connectivity index (χ0v) is 16.8. The molecule has 1 atom stereocenters. The van der Waals surface area contributed by atoms with Crippen LogP contribution < -0.4 is 5.32 Å². The summed E-state index contributed by atoms with van der Waals surface area (Å²) < 4.78 is 10.5. The Morgan fingerprint density at radius 3 is 2.61 bits per heavy atom. The molecular weight excluding hydrogens is 378 g/mol. The first kappa shape index (κ1) is 20.0. The van der Waals surface area contributed by atoms with Crippen LogP contribution in [0.5, 0.6) is 0 Å². The van der Waals surface area contributed by atoms with E-state index in [2.05, 4.69) is 5.32 Å². The molecule has 0 fully saturated rings. The number of carbonyl (C=O) groups excluding carboxylic acids is 2. The molecule has 1 amide bonds. The zero-order chi connectivity index (χ0) is 20.3. The van der Waals surface area contributed by atoms with Crippen LogP contribution >= 0.6 is 11.6 Å². The Kier molecular flexibility index (Phi) is 6.05. The SMILES string of the molecule is COC(=O)C(Cc1ccccc1)NC(=O)Cc1coc2cc(C)c(Cl)c(C)c12. The molecule has 0 bridgehead atoms. The van der Waals surface area contributed by atoms with E-state index in [4.69, 9.17) is 20.8 Å². The molecule has 0 aliphatic rings. The highest BCUT2D eigenvalue weighted by molar-refractivity contribution is 6.33. The fraction of sp³-hybridized carbons (Fsp3) is 0.273. The highest BCUT2D eigenvalue weighted by atomic mass is 35.5. The van der Waals surface area contributed by atoms with Crippen molar-refractivity contribution in [2.45, 2.75) is 32.7 Å². The van der Waals surface area contributed by atoms with Crippen LogP contribution in [0.4, 0.5) is 0 Å². The van der Waals surface area contributed by atoms with E-state index < -0.39 is 12.0 Å². The molecule has 3 rings (SSSR count). The Bertz CT molecular complexity index is 1010. The van der Waals surface area contributed by atoms with Crippen molar-refractivity contribution in [1.29, 1.82) is 0 Å². The molecule has 6 heteroatoms. The third-order valence-electron chi connectivity index (χ3n) is 4.75. The standard InChI is InChI=1S/C22H22ClNO4/c1-13-9-18-20(14(2)21(13)23)16(12-28-18)11-19(25)24-17(22(26)27-3)10-15-7-5-4-6-8-15/h4-9,12,17H,10-11H2,1-3H3,(H,24,25). The topological polar surface area (TPSA) is 68.5 Å². The number of rotatable bonds is 6. The number of hydrogen-bond donors (Lipinski definition) is 1. The Hall–Kier alpha value is -2.79. The van der Waals surface area contributed by atoms with E-state index in [0.717, 1.165) is 27.6 Å². The van der Waals surface area contributed by atoms with Crippen LogP contribution in [0.25, 0.3) is 11.0 Å². The van der Waals surface area contributed by atoms with E-state index in [0.29, 0.717) is 17.0 Å². The number of hydrogen-bond acceptors (Lipinski definition) is 4. The molecule has 1 unspecified atom stereocenters. The minimum atomic E-state index is -0.759. The van der Waals surface area contributed by atoms with Crippen molar-refractivity contribution in [3.05, 3.63) is 69.9 Å². The molecule has 146 valence electrons. The summed E-state index contributed by atoms with van der Waals surface area (Å²) in [6.45, 7) is 3.81. The zero-order valence-electron chi connectivity index (χ0n) is 16.0. The number of benzene rings is 2. The van der Waals surface area contributed by atoms with Gasteiger partial charge in [-0.05, 0) is 36.6 Å². The second-order valence-corrected chi connectivity index (χ2v) is 7.15. The van der Waals surface area contributed by atoms with Crippen molar-refractivity contribution in [2.24, 2.45) is 0 Å². The molecule has 1 N–H and O–H groups in total. The first-order chi connectivity index (χ1) is 13.4. The number of fused-ring (bicyclic) bond motifs is 1. The van der Waals surface area contributed by atoms with Crippen LogP contribution in [0, 0.1) is 13.8 Å². The van der Waals surface area contributed by atoms with Crippen LogP contribution in [0.3, 0.4) is 0 Å². The molecule has 0 aliphatic heterocycles. The van der Waals surface area contributed by atoms with Crippen molar-refractivity contribution >= 4 is 34.4 Å².